The second kappa shape index (κ2) is 10.3. The molecule has 0 aliphatic heterocycles. The Labute approximate surface area is 185 Å². The van der Waals surface area contributed by atoms with Crippen LogP contribution in [0.5, 0.6) is 5.75 Å². The number of hydrogen-bond acceptors (Lipinski definition) is 5. The van der Waals surface area contributed by atoms with Crippen LogP contribution < -0.4 is 15.5 Å². The van der Waals surface area contributed by atoms with E-state index in [1.807, 2.05) is 6.07 Å². The van der Waals surface area contributed by atoms with Crippen LogP contribution >= 0.6 is 0 Å². The monoisotopic (exact) mass is 458 g/mol. The molecule has 0 aromatic heterocycles. The van der Waals surface area contributed by atoms with Crippen molar-refractivity contribution in [3.8, 4) is 5.75 Å². The number of amides is 2. The van der Waals surface area contributed by atoms with Crippen LogP contribution in [0.3, 0.4) is 0 Å². The van der Waals surface area contributed by atoms with Gasteiger partial charge >= 0.3 is 12.4 Å². The number of nitro groups is 1. The van der Waals surface area contributed by atoms with Crippen molar-refractivity contribution in [1.29, 1.82) is 0 Å². The maximum atomic E-state index is 12.2. The number of anilines is 1. The highest BCUT2D eigenvalue weighted by Crippen LogP contribution is 2.24. The molecule has 0 aliphatic rings. The summed E-state index contributed by atoms with van der Waals surface area (Å²) in [5, 5.41) is 17.4. The number of halogens is 3. The SMILES string of the molecule is O=C(NN=C(Cc1ccc([N+](=O)[O-])cc1)c1ccccc1)Nc1ccc(OC(F)(F)F)cc1. The van der Waals surface area contributed by atoms with Gasteiger partial charge in [0.1, 0.15) is 5.75 Å². The summed E-state index contributed by atoms with van der Waals surface area (Å²) in [4.78, 5) is 22.6. The quantitative estimate of drug-likeness (QED) is 0.286. The molecule has 11 heteroatoms. The molecule has 33 heavy (non-hydrogen) atoms. The van der Waals surface area contributed by atoms with E-state index in [0.29, 0.717) is 5.71 Å². The molecular weight excluding hydrogens is 441 g/mol. The van der Waals surface area contributed by atoms with Gasteiger partial charge in [-0.15, -0.1) is 13.2 Å². The highest BCUT2D eigenvalue weighted by atomic mass is 19.4. The first kappa shape index (κ1) is 23.3. The van der Waals surface area contributed by atoms with E-state index < -0.39 is 23.1 Å². The van der Waals surface area contributed by atoms with Crippen LogP contribution in [0.15, 0.2) is 84.0 Å². The van der Waals surface area contributed by atoms with Gasteiger partial charge in [0, 0.05) is 24.2 Å². The molecule has 0 saturated carbocycles. The summed E-state index contributed by atoms with van der Waals surface area (Å²) in [6, 6.07) is 18.9. The number of non-ortho nitro benzene ring substituents is 1. The summed E-state index contributed by atoms with van der Waals surface area (Å²) in [5.41, 5.74) is 4.50. The minimum Gasteiger partial charge on any atom is -0.406 e. The summed E-state index contributed by atoms with van der Waals surface area (Å²) in [7, 11) is 0. The summed E-state index contributed by atoms with van der Waals surface area (Å²) >= 11 is 0. The largest absolute Gasteiger partial charge is 0.573 e. The van der Waals surface area contributed by atoms with E-state index in [0.717, 1.165) is 23.3 Å². The molecule has 0 aliphatic carbocycles. The molecule has 0 spiro atoms. The second-order valence-corrected chi connectivity index (χ2v) is 6.66. The highest BCUT2D eigenvalue weighted by Gasteiger charge is 2.30. The van der Waals surface area contributed by atoms with Gasteiger partial charge in [-0.3, -0.25) is 10.1 Å². The Kier molecular flexibility index (Phi) is 7.24. The maximum absolute atomic E-state index is 12.2. The number of nitrogens with zero attached hydrogens (tertiary/aromatic N) is 2. The van der Waals surface area contributed by atoms with Crippen LogP contribution in [0.1, 0.15) is 11.1 Å². The molecule has 0 bridgehead atoms. The van der Waals surface area contributed by atoms with E-state index in [1.54, 1.807) is 36.4 Å². The molecule has 0 radical (unpaired) electrons. The fraction of sp³-hybridized carbons (Fsp3) is 0.0909. The predicted molar refractivity (Wildman–Crippen MR) is 115 cm³/mol. The number of benzene rings is 3. The lowest BCUT2D eigenvalue weighted by Gasteiger charge is -2.10. The highest BCUT2D eigenvalue weighted by molar-refractivity contribution is 6.02. The van der Waals surface area contributed by atoms with Crippen molar-refractivity contribution in [2.45, 2.75) is 12.8 Å². The van der Waals surface area contributed by atoms with Crippen LogP contribution in [-0.2, 0) is 6.42 Å². The molecule has 0 unspecified atom stereocenters. The molecule has 2 amide bonds. The van der Waals surface area contributed by atoms with Gasteiger partial charge in [-0.1, -0.05) is 42.5 Å². The molecule has 3 rings (SSSR count). The van der Waals surface area contributed by atoms with Gasteiger partial charge in [0.15, 0.2) is 0 Å². The van der Waals surface area contributed by atoms with E-state index in [-0.39, 0.29) is 17.8 Å². The third-order valence-electron chi connectivity index (χ3n) is 4.26. The third kappa shape index (κ3) is 7.35. The average molecular weight is 458 g/mol. The molecule has 8 nitrogen and oxygen atoms in total. The average Bonchev–Trinajstić information content (AvgIpc) is 2.78. The number of carbonyl (C=O) groups excluding carboxylic acids is 1. The van der Waals surface area contributed by atoms with Crippen molar-refractivity contribution in [2.24, 2.45) is 5.10 Å². The van der Waals surface area contributed by atoms with Gasteiger partial charge in [-0.05, 0) is 35.4 Å². The van der Waals surface area contributed by atoms with Crippen molar-refractivity contribution < 1.29 is 27.6 Å². The number of alkyl halides is 3. The van der Waals surface area contributed by atoms with Crippen LogP contribution in [0, 0.1) is 10.1 Å². The fourth-order valence-corrected chi connectivity index (χ4v) is 2.78. The molecule has 0 atom stereocenters. The van der Waals surface area contributed by atoms with E-state index in [2.05, 4.69) is 20.6 Å². The maximum Gasteiger partial charge on any atom is 0.573 e. The molecule has 170 valence electrons. The van der Waals surface area contributed by atoms with Crippen LogP contribution in [0.25, 0.3) is 0 Å². The first-order valence-corrected chi connectivity index (χ1v) is 9.48. The number of nitro benzene ring substituents is 1. The van der Waals surface area contributed by atoms with Gasteiger partial charge in [0.2, 0.25) is 0 Å². The first-order valence-electron chi connectivity index (χ1n) is 9.48. The number of rotatable bonds is 7. The summed E-state index contributed by atoms with van der Waals surface area (Å²) in [6.45, 7) is 0. The standard InChI is InChI=1S/C22H17F3N4O4/c23-22(24,25)33-19-12-8-17(9-13-19)26-21(30)28-27-20(16-4-2-1-3-5-16)14-15-6-10-18(11-7-15)29(31)32/h1-13H,14H2,(H2,26,28,30). The van der Waals surface area contributed by atoms with E-state index in [1.165, 1.54) is 24.3 Å². The lowest BCUT2D eigenvalue weighted by Crippen LogP contribution is -2.26. The van der Waals surface area contributed by atoms with Crippen molar-refractivity contribution in [2.75, 3.05) is 5.32 Å². The van der Waals surface area contributed by atoms with E-state index in [4.69, 9.17) is 0 Å². The Hall–Kier alpha value is -4.41. The minimum absolute atomic E-state index is 0.0406. The Morgan fingerprint density at radius 3 is 2.18 bits per heavy atom. The number of hydrazone groups is 1. The predicted octanol–water partition coefficient (Wildman–Crippen LogP) is 5.26. The van der Waals surface area contributed by atoms with Gasteiger partial charge in [0.25, 0.3) is 5.69 Å². The summed E-state index contributed by atoms with van der Waals surface area (Å²) in [5.74, 6) is -0.416. The van der Waals surface area contributed by atoms with Crippen LogP contribution in [-0.4, -0.2) is 23.0 Å². The molecule has 0 saturated heterocycles. The van der Waals surface area contributed by atoms with Crippen molar-refractivity contribution in [3.05, 3.63) is 100 Å². The van der Waals surface area contributed by atoms with Crippen molar-refractivity contribution in [1.82, 2.24) is 5.43 Å². The lowest BCUT2D eigenvalue weighted by atomic mass is 10.0. The number of urea groups is 1. The summed E-state index contributed by atoms with van der Waals surface area (Å²) in [6.07, 6.45) is -4.52. The van der Waals surface area contributed by atoms with Crippen molar-refractivity contribution in [3.63, 3.8) is 0 Å². The zero-order chi connectivity index (χ0) is 23.8. The topological polar surface area (TPSA) is 106 Å². The molecule has 2 N–H and O–H groups in total. The number of nitrogens with one attached hydrogen (secondary N) is 2. The zero-order valence-corrected chi connectivity index (χ0v) is 16.9. The lowest BCUT2D eigenvalue weighted by molar-refractivity contribution is -0.384. The van der Waals surface area contributed by atoms with Crippen LogP contribution in [0.2, 0.25) is 0 Å². The van der Waals surface area contributed by atoms with Gasteiger partial charge in [0.05, 0.1) is 10.6 Å². The van der Waals surface area contributed by atoms with Gasteiger partial charge in [-0.2, -0.15) is 5.10 Å². The smallest absolute Gasteiger partial charge is 0.406 e. The zero-order valence-electron chi connectivity index (χ0n) is 16.9. The number of ether oxygens (including phenoxy) is 1. The molecule has 3 aromatic rings. The van der Waals surface area contributed by atoms with Gasteiger partial charge in [-0.25, -0.2) is 10.2 Å². The van der Waals surface area contributed by atoms with Crippen LogP contribution in [0.4, 0.5) is 29.3 Å². The molecule has 3 aromatic carbocycles. The minimum atomic E-state index is -4.81. The Morgan fingerprint density at radius 1 is 0.970 bits per heavy atom. The third-order valence-corrected chi connectivity index (χ3v) is 4.26. The summed E-state index contributed by atoms with van der Waals surface area (Å²) < 4.78 is 40.5. The molecular formula is C22H17F3N4O4. The molecule has 0 heterocycles. The second-order valence-electron chi connectivity index (χ2n) is 6.66. The Balaban J connectivity index is 1.69. The van der Waals surface area contributed by atoms with Gasteiger partial charge < -0.3 is 10.1 Å². The Bertz CT molecular complexity index is 1130. The van der Waals surface area contributed by atoms with E-state index >= 15 is 0 Å². The fourth-order valence-electron chi connectivity index (χ4n) is 2.78. The normalized spacial score (nSPS) is 11.5. The number of carbonyl (C=O) groups is 1. The van der Waals surface area contributed by atoms with E-state index in [9.17, 15) is 28.1 Å². The van der Waals surface area contributed by atoms with Crippen molar-refractivity contribution >= 4 is 23.1 Å². The first-order chi connectivity index (χ1) is 15.7. The molecule has 0 fully saturated rings. The number of hydrogen-bond donors (Lipinski definition) is 2. The Morgan fingerprint density at radius 2 is 1.61 bits per heavy atom.